The fourth-order valence-corrected chi connectivity index (χ4v) is 1.71. The van der Waals surface area contributed by atoms with Gasteiger partial charge in [-0.2, -0.15) is 4.98 Å². The minimum Gasteiger partial charge on any atom is -0.366 e. The number of hydrogen-bond donors (Lipinski definition) is 2. The molecule has 0 aliphatic carbocycles. The quantitative estimate of drug-likeness (QED) is 0.885. The molecule has 0 saturated heterocycles. The van der Waals surface area contributed by atoms with Crippen LogP contribution in [-0.2, 0) is 6.54 Å². The molecule has 2 aromatic rings. The fraction of sp³-hybridized carbons (Fsp3) is 0.250. The van der Waals surface area contributed by atoms with Crippen molar-refractivity contribution in [1.82, 2.24) is 20.1 Å². The van der Waals surface area contributed by atoms with Crippen molar-refractivity contribution in [2.45, 2.75) is 13.5 Å². The Kier molecular flexibility index (Phi) is 3.92. The van der Waals surface area contributed by atoms with Crippen molar-refractivity contribution < 1.29 is 13.6 Å². The van der Waals surface area contributed by atoms with E-state index in [1.165, 1.54) is 11.0 Å². The molecular formula is C12H13F2N5O. The maximum atomic E-state index is 13.1. The van der Waals surface area contributed by atoms with Crippen LogP contribution in [0.5, 0.6) is 0 Å². The zero-order chi connectivity index (χ0) is 14.7. The molecule has 0 spiro atoms. The average molecular weight is 281 g/mol. The van der Waals surface area contributed by atoms with Gasteiger partial charge in [0.15, 0.2) is 11.6 Å². The van der Waals surface area contributed by atoms with Crippen LogP contribution in [0.2, 0.25) is 0 Å². The second-order valence-electron chi connectivity index (χ2n) is 4.11. The van der Waals surface area contributed by atoms with Gasteiger partial charge in [-0.05, 0) is 24.6 Å². The van der Waals surface area contributed by atoms with Gasteiger partial charge >= 0.3 is 0 Å². The van der Waals surface area contributed by atoms with Gasteiger partial charge in [0.2, 0.25) is 11.8 Å². The number of nitrogens with zero attached hydrogens (tertiary/aromatic N) is 3. The topological polar surface area (TPSA) is 87.9 Å². The van der Waals surface area contributed by atoms with Gasteiger partial charge in [-0.1, -0.05) is 6.07 Å². The number of benzene rings is 1. The molecule has 1 heterocycles. The van der Waals surface area contributed by atoms with Crippen LogP contribution >= 0.6 is 0 Å². The molecule has 0 aliphatic heterocycles. The molecule has 0 aliphatic rings. The first-order chi connectivity index (χ1) is 9.51. The molecule has 1 aromatic carbocycles. The van der Waals surface area contributed by atoms with E-state index in [4.69, 9.17) is 5.73 Å². The number of carbonyl (C=O) groups excluding carboxylic acids is 1. The normalized spacial score (nSPS) is 10.6. The van der Waals surface area contributed by atoms with Crippen LogP contribution < -0.4 is 5.73 Å². The molecule has 106 valence electrons. The number of carbonyl (C=O) groups is 1. The number of anilines is 1. The number of amides is 1. The predicted octanol–water partition coefficient (Wildman–Crippen LogP) is 1.33. The first-order valence-electron chi connectivity index (χ1n) is 5.92. The lowest BCUT2D eigenvalue weighted by molar-refractivity contribution is 0.0740. The molecule has 8 heteroatoms. The Balaban J connectivity index is 2.16. The van der Waals surface area contributed by atoms with Crippen LogP contribution in [-0.4, -0.2) is 32.5 Å². The highest BCUT2D eigenvalue weighted by molar-refractivity contribution is 5.90. The largest absolute Gasteiger partial charge is 0.366 e. The number of halogens is 2. The Hall–Kier alpha value is -2.51. The minimum absolute atomic E-state index is 0.00642. The Morgan fingerprint density at radius 3 is 2.70 bits per heavy atom. The summed E-state index contributed by atoms with van der Waals surface area (Å²) in [5, 5.41) is 5.99. The van der Waals surface area contributed by atoms with Crippen molar-refractivity contribution in [2.24, 2.45) is 0 Å². The number of nitrogen functional groups attached to an aromatic ring is 1. The summed E-state index contributed by atoms with van der Waals surface area (Å²) in [6.07, 6.45) is 0. The molecule has 2 rings (SSSR count). The molecule has 20 heavy (non-hydrogen) atoms. The standard InChI is InChI=1S/C12H13F2N5O/c1-2-19(11(20)10-16-12(15)18-17-10)6-7-3-4-8(13)9(14)5-7/h3-5H,2,6H2,1H3,(H3,15,16,17,18). The van der Waals surface area contributed by atoms with Crippen LogP contribution in [0.4, 0.5) is 14.7 Å². The number of nitrogens with two attached hydrogens (primary N) is 1. The summed E-state index contributed by atoms with van der Waals surface area (Å²) in [6, 6.07) is 3.50. The number of nitrogens with one attached hydrogen (secondary N) is 1. The van der Waals surface area contributed by atoms with E-state index >= 15 is 0 Å². The summed E-state index contributed by atoms with van der Waals surface area (Å²) in [6.45, 7) is 2.27. The number of aromatic amines is 1. The minimum atomic E-state index is -0.949. The zero-order valence-corrected chi connectivity index (χ0v) is 10.7. The molecule has 0 fully saturated rings. The Morgan fingerprint density at radius 2 is 2.15 bits per heavy atom. The van der Waals surface area contributed by atoms with Crippen LogP contribution in [0.25, 0.3) is 0 Å². The summed E-state index contributed by atoms with van der Waals surface area (Å²) in [5.41, 5.74) is 5.81. The first kappa shape index (κ1) is 13.9. The van der Waals surface area contributed by atoms with Gasteiger partial charge in [-0.25, -0.2) is 8.78 Å². The number of aromatic nitrogens is 3. The monoisotopic (exact) mass is 281 g/mol. The van der Waals surface area contributed by atoms with Gasteiger partial charge in [0.05, 0.1) is 0 Å². The molecule has 0 bridgehead atoms. The van der Waals surface area contributed by atoms with Gasteiger partial charge in [0, 0.05) is 13.1 Å². The Labute approximate surface area is 113 Å². The van der Waals surface area contributed by atoms with Crippen molar-refractivity contribution in [3.63, 3.8) is 0 Å². The highest BCUT2D eigenvalue weighted by atomic mass is 19.2. The fourth-order valence-electron chi connectivity index (χ4n) is 1.71. The first-order valence-corrected chi connectivity index (χ1v) is 5.92. The third kappa shape index (κ3) is 2.90. The van der Waals surface area contributed by atoms with Crippen molar-refractivity contribution in [3.05, 3.63) is 41.2 Å². The maximum absolute atomic E-state index is 13.1. The average Bonchev–Trinajstić information content (AvgIpc) is 2.86. The van der Waals surface area contributed by atoms with Crippen molar-refractivity contribution in [2.75, 3.05) is 12.3 Å². The molecule has 3 N–H and O–H groups in total. The number of rotatable bonds is 4. The van der Waals surface area contributed by atoms with Crippen molar-refractivity contribution in [1.29, 1.82) is 0 Å². The Morgan fingerprint density at radius 1 is 1.40 bits per heavy atom. The smallest absolute Gasteiger partial charge is 0.291 e. The maximum Gasteiger partial charge on any atom is 0.291 e. The van der Waals surface area contributed by atoms with E-state index in [0.717, 1.165) is 12.1 Å². The van der Waals surface area contributed by atoms with E-state index in [-0.39, 0.29) is 18.3 Å². The van der Waals surface area contributed by atoms with Gasteiger partial charge in [0.25, 0.3) is 5.91 Å². The molecule has 1 aromatic heterocycles. The van der Waals surface area contributed by atoms with Crippen molar-refractivity contribution >= 4 is 11.9 Å². The van der Waals surface area contributed by atoms with Gasteiger partial charge in [-0.3, -0.25) is 9.89 Å². The van der Waals surface area contributed by atoms with Crippen LogP contribution in [0.15, 0.2) is 18.2 Å². The summed E-state index contributed by atoms with van der Waals surface area (Å²) < 4.78 is 26.0. The lowest BCUT2D eigenvalue weighted by atomic mass is 10.2. The van der Waals surface area contributed by atoms with E-state index in [9.17, 15) is 13.6 Å². The highest BCUT2D eigenvalue weighted by Crippen LogP contribution is 2.12. The van der Waals surface area contributed by atoms with E-state index in [0.29, 0.717) is 12.1 Å². The number of hydrogen-bond acceptors (Lipinski definition) is 4. The van der Waals surface area contributed by atoms with E-state index in [1.54, 1.807) is 6.92 Å². The summed E-state index contributed by atoms with van der Waals surface area (Å²) in [4.78, 5) is 17.3. The van der Waals surface area contributed by atoms with Gasteiger partial charge < -0.3 is 10.6 Å². The zero-order valence-electron chi connectivity index (χ0n) is 10.7. The Bertz CT molecular complexity index is 628. The molecular weight excluding hydrogens is 268 g/mol. The van der Waals surface area contributed by atoms with Crippen LogP contribution in [0.3, 0.4) is 0 Å². The SMILES string of the molecule is CCN(Cc1ccc(F)c(F)c1)C(=O)c1nc(N)n[nH]1. The molecule has 6 nitrogen and oxygen atoms in total. The molecule has 0 atom stereocenters. The van der Waals surface area contributed by atoms with Gasteiger partial charge in [-0.15, -0.1) is 5.10 Å². The second-order valence-corrected chi connectivity index (χ2v) is 4.11. The molecule has 0 saturated carbocycles. The molecule has 0 radical (unpaired) electrons. The van der Waals surface area contributed by atoms with Crippen molar-refractivity contribution in [3.8, 4) is 0 Å². The highest BCUT2D eigenvalue weighted by Gasteiger charge is 2.18. The molecule has 0 unspecified atom stereocenters. The lowest BCUT2D eigenvalue weighted by Gasteiger charge is -2.19. The summed E-state index contributed by atoms with van der Waals surface area (Å²) in [7, 11) is 0. The van der Waals surface area contributed by atoms with Crippen LogP contribution in [0.1, 0.15) is 23.1 Å². The molecule has 1 amide bonds. The summed E-state index contributed by atoms with van der Waals surface area (Å²) in [5.74, 6) is -2.31. The van der Waals surface area contributed by atoms with E-state index in [2.05, 4.69) is 15.2 Å². The van der Waals surface area contributed by atoms with E-state index in [1.807, 2.05) is 0 Å². The summed E-state index contributed by atoms with van der Waals surface area (Å²) >= 11 is 0. The van der Waals surface area contributed by atoms with Crippen LogP contribution in [0, 0.1) is 11.6 Å². The number of H-pyrrole nitrogens is 1. The lowest BCUT2D eigenvalue weighted by Crippen LogP contribution is -2.31. The van der Waals surface area contributed by atoms with E-state index < -0.39 is 17.5 Å². The third-order valence-corrected chi connectivity index (χ3v) is 2.73. The third-order valence-electron chi connectivity index (χ3n) is 2.73. The van der Waals surface area contributed by atoms with Gasteiger partial charge in [0.1, 0.15) is 0 Å². The predicted molar refractivity (Wildman–Crippen MR) is 67.6 cm³/mol. The second kappa shape index (κ2) is 5.64.